The van der Waals surface area contributed by atoms with E-state index in [4.69, 9.17) is 0 Å². The lowest BCUT2D eigenvalue weighted by molar-refractivity contribution is 0.0712. The van der Waals surface area contributed by atoms with Crippen molar-refractivity contribution in [3.8, 4) is 0 Å². The number of nitrogens with zero attached hydrogens (tertiary/aromatic N) is 6. The van der Waals surface area contributed by atoms with Crippen molar-refractivity contribution in [1.82, 2.24) is 29.4 Å². The minimum absolute atomic E-state index is 0.0886. The summed E-state index contributed by atoms with van der Waals surface area (Å²) in [6.07, 6.45) is 7.09. The van der Waals surface area contributed by atoms with Crippen LogP contribution < -0.4 is 0 Å². The number of aromatic nitrogens is 5. The fourth-order valence-electron chi connectivity index (χ4n) is 4.32. The fourth-order valence-corrected chi connectivity index (χ4v) is 4.32. The molecular weight excluding hydrogens is 304 g/mol. The summed E-state index contributed by atoms with van der Waals surface area (Å²) in [5.74, 6) is 1.41. The van der Waals surface area contributed by atoms with Gasteiger partial charge in [0.2, 0.25) is 0 Å². The molecule has 1 aliphatic carbocycles. The van der Waals surface area contributed by atoms with E-state index < -0.39 is 0 Å². The molecule has 1 saturated carbocycles. The van der Waals surface area contributed by atoms with Gasteiger partial charge in [-0.25, -0.2) is 0 Å². The molecule has 0 bridgehead atoms. The molecule has 7 nitrogen and oxygen atoms in total. The number of carbonyl (C=O) groups is 1. The summed E-state index contributed by atoms with van der Waals surface area (Å²) in [5.41, 5.74) is 0.872. The zero-order valence-electron chi connectivity index (χ0n) is 14.4. The first kappa shape index (κ1) is 15.4. The molecule has 1 unspecified atom stereocenters. The van der Waals surface area contributed by atoms with E-state index in [9.17, 15) is 4.79 Å². The number of carbonyl (C=O) groups excluding carboxylic acids is 1. The van der Waals surface area contributed by atoms with Crippen molar-refractivity contribution in [2.45, 2.75) is 52.1 Å². The number of aryl methyl sites for hydroxylation is 2. The van der Waals surface area contributed by atoms with Crippen LogP contribution in [0.4, 0.5) is 0 Å². The Bertz CT molecular complexity index is 744. The largest absolute Gasteiger partial charge is 0.336 e. The summed E-state index contributed by atoms with van der Waals surface area (Å²) in [7, 11) is 0. The van der Waals surface area contributed by atoms with Gasteiger partial charge < -0.3 is 9.47 Å². The Kier molecular flexibility index (Phi) is 3.66. The average Bonchev–Trinajstić information content (AvgIpc) is 3.28. The molecule has 7 heteroatoms. The number of amides is 1. The first-order chi connectivity index (χ1) is 11.7. The van der Waals surface area contributed by atoms with Crippen LogP contribution in [0.1, 0.15) is 55.3 Å². The molecule has 4 rings (SSSR count). The van der Waals surface area contributed by atoms with E-state index in [1.54, 1.807) is 17.2 Å². The summed E-state index contributed by atoms with van der Waals surface area (Å²) in [4.78, 5) is 15.0. The van der Waals surface area contributed by atoms with Gasteiger partial charge in [0.15, 0.2) is 0 Å². The summed E-state index contributed by atoms with van der Waals surface area (Å²) < 4.78 is 3.90. The molecule has 24 heavy (non-hydrogen) atoms. The standard InChI is InChI=1S/C17H24N6O/c1-3-21-12-18-20-15(21)13-10-22(11-17(13)7-5-8-17)16(24)14-6-9-19-23(14)4-2/h6,9,12-13H,3-5,7-8,10-11H2,1-2H3. The Labute approximate surface area is 141 Å². The molecule has 0 N–H and O–H groups in total. The van der Waals surface area contributed by atoms with Crippen molar-refractivity contribution in [2.24, 2.45) is 5.41 Å². The second-order valence-electron chi connectivity index (χ2n) is 6.96. The minimum Gasteiger partial charge on any atom is -0.336 e. The third-order valence-corrected chi connectivity index (χ3v) is 5.82. The predicted molar refractivity (Wildman–Crippen MR) is 88.5 cm³/mol. The lowest BCUT2D eigenvalue weighted by Gasteiger charge is -2.42. The van der Waals surface area contributed by atoms with Gasteiger partial charge in [-0.15, -0.1) is 10.2 Å². The second-order valence-corrected chi connectivity index (χ2v) is 6.96. The van der Waals surface area contributed by atoms with E-state index in [2.05, 4.69) is 26.8 Å². The molecule has 1 spiro atoms. The van der Waals surface area contributed by atoms with Gasteiger partial charge in [-0.05, 0) is 38.2 Å². The summed E-state index contributed by atoms with van der Waals surface area (Å²) in [5, 5.41) is 12.7. The van der Waals surface area contributed by atoms with Gasteiger partial charge in [0.05, 0.1) is 0 Å². The Morgan fingerprint density at radius 2 is 2.17 bits per heavy atom. The fraction of sp³-hybridized carbons (Fsp3) is 0.647. The Morgan fingerprint density at radius 1 is 1.33 bits per heavy atom. The Hall–Kier alpha value is -2.18. The maximum atomic E-state index is 13.0. The second kappa shape index (κ2) is 5.72. The third-order valence-electron chi connectivity index (χ3n) is 5.82. The van der Waals surface area contributed by atoms with E-state index in [1.165, 1.54) is 19.3 Å². The van der Waals surface area contributed by atoms with Crippen molar-refractivity contribution in [2.75, 3.05) is 13.1 Å². The quantitative estimate of drug-likeness (QED) is 0.860. The molecule has 2 aromatic rings. The average molecular weight is 328 g/mol. The van der Waals surface area contributed by atoms with Crippen LogP contribution in [0.15, 0.2) is 18.6 Å². The molecule has 128 valence electrons. The molecule has 1 aliphatic heterocycles. The smallest absolute Gasteiger partial charge is 0.272 e. The Morgan fingerprint density at radius 3 is 2.83 bits per heavy atom. The van der Waals surface area contributed by atoms with Gasteiger partial charge in [-0.3, -0.25) is 9.48 Å². The third kappa shape index (κ3) is 2.17. The van der Waals surface area contributed by atoms with Gasteiger partial charge in [-0.2, -0.15) is 5.10 Å². The van der Waals surface area contributed by atoms with Crippen LogP contribution in [-0.2, 0) is 13.1 Å². The van der Waals surface area contributed by atoms with Crippen LogP contribution in [0.3, 0.4) is 0 Å². The van der Waals surface area contributed by atoms with Gasteiger partial charge in [0.25, 0.3) is 5.91 Å². The van der Waals surface area contributed by atoms with Crippen LogP contribution in [0.25, 0.3) is 0 Å². The summed E-state index contributed by atoms with van der Waals surface area (Å²) >= 11 is 0. The molecule has 1 saturated heterocycles. The monoisotopic (exact) mass is 328 g/mol. The molecule has 3 heterocycles. The van der Waals surface area contributed by atoms with E-state index in [0.717, 1.165) is 25.5 Å². The molecule has 2 fully saturated rings. The van der Waals surface area contributed by atoms with E-state index in [1.807, 2.05) is 17.9 Å². The van der Waals surface area contributed by atoms with Crippen molar-refractivity contribution in [3.05, 3.63) is 30.1 Å². The van der Waals surface area contributed by atoms with Gasteiger partial charge in [0, 0.05) is 38.3 Å². The molecule has 1 amide bonds. The van der Waals surface area contributed by atoms with Crippen LogP contribution in [0, 0.1) is 5.41 Å². The normalized spacial score (nSPS) is 22.1. The van der Waals surface area contributed by atoms with E-state index in [-0.39, 0.29) is 17.2 Å². The number of likely N-dealkylation sites (tertiary alicyclic amines) is 1. The molecule has 2 aliphatic rings. The highest BCUT2D eigenvalue weighted by molar-refractivity contribution is 5.92. The number of hydrogen-bond acceptors (Lipinski definition) is 4. The highest BCUT2D eigenvalue weighted by Crippen LogP contribution is 2.55. The van der Waals surface area contributed by atoms with Gasteiger partial charge in [0.1, 0.15) is 17.8 Å². The van der Waals surface area contributed by atoms with E-state index in [0.29, 0.717) is 12.2 Å². The zero-order valence-corrected chi connectivity index (χ0v) is 14.4. The molecule has 2 aromatic heterocycles. The van der Waals surface area contributed by atoms with Crippen LogP contribution in [0.5, 0.6) is 0 Å². The highest BCUT2D eigenvalue weighted by Gasteiger charge is 2.53. The summed E-state index contributed by atoms with van der Waals surface area (Å²) in [6.45, 7) is 7.24. The SMILES string of the molecule is CCn1cnnc1C1CN(C(=O)c2ccnn2CC)CC12CCC2. The predicted octanol–water partition coefficient (Wildman–Crippen LogP) is 1.92. The maximum Gasteiger partial charge on any atom is 0.272 e. The number of rotatable bonds is 4. The first-order valence-electron chi connectivity index (χ1n) is 8.87. The van der Waals surface area contributed by atoms with Gasteiger partial charge >= 0.3 is 0 Å². The lowest BCUT2D eigenvalue weighted by Crippen LogP contribution is -2.38. The van der Waals surface area contributed by atoms with Crippen LogP contribution in [0.2, 0.25) is 0 Å². The summed E-state index contributed by atoms with van der Waals surface area (Å²) in [6, 6.07) is 1.82. The van der Waals surface area contributed by atoms with E-state index >= 15 is 0 Å². The van der Waals surface area contributed by atoms with Gasteiger partial charge in [-0.1, -0.05) is 6.42 Å². The van der Waals surface area contributed by atoms with Crippen LogP contribution in [-0.4, -0.2) is 48.4 Å². The van der Waals surface area contributed by atoms with Crippen molar-refractivity contribution < 1.29 is 4.79 Å². The Balaban J connectivity index is 1.63. The zero-order chi connectivity index (χ0) is 16.7. The van der Waals surface area contributed by atoms with Crippen molar-refractivity contribution in [1.29, 1.82) is 0 Å². The molecular formula is C17H24N6O. The molecule has 0 aromatic carbocycles. The van der Waals surface area contributed by atoms with Crippen molar-refractivity contribution >= 4 is 5.91 Å². The van der Waals surface area contributed by atoms with Crippen molar-refractivity contribution in [3.63, 3.8) is 0 Å². The lowest BCUT2D eigenvalue weighted by atomic mass is 9.62. The maximum absolute atomic E-state index is 13.0. The minimum atomic E-state index is 0.0886. The number of hydrogen-bond donors (Lipinski definition) is 0. The topological polar surface area (TPSA) is 68.8 Å². The van der Waals surface area contributed by atoms with Crippen LogP contribution >= 0.6 is 0 Å². The first-order valence-corrected chi connectivity index (χ1v) is 8.87. The highest BCUT2D eigenvalue weighted by atomic mass is 16.2. The molecule has 0 radical (unpaired) electrons. The molecule has 1 atom stereocenters.